The summed E-state index contributed by atoms with van der Waals surface area (Å²) in [5.41, 5.74) is 8.55. The average Bonchev–Trinajstić information content (AvgIpc) is 2.57. The Labute approximate surface area is 97.1 Å². The second kappa shape index (κ2) is 4.30. The quantitative estimate of drug-likeness (QED) is 0.838. The van der Waals surface area contributed by atoms with Gasteiger partial charge in [-0.3, -0.25) is 0 Å². The summed E-state index contributed by atoms with van der Waals surface area (Å²) in [6, 6.07) is 8.59. The molecule has 0 radical (unpaired) electrons. The van der Waals surface area contributed by atoms with E-state index in [4.69, 9.17) is 5.73 Å². The lowest BCUT2D eigenvalue weighted by Gasteiger charge is -2.07. The highest BCUT2D eigenvalue weighted by Crippen LogP contribution is 2.25. The highest BCUT2D eigenvalue weighted by molar-refractivity contribution is 5.84. The van der Waals surface area contributed by atoms with Crippen molar-refractivity contribution < 1.29 is 0 Å². The molecule has 2 heteroatoms. The number of fused-ring (bicyclic) bond motifs is 1. The zero-order chi connectivity index (χ0) is 11.7. The van der Waals surface area contributed by atoms with Crippen LogP contribution in [0.25, 0.3) is 10.9 Å². The number of nitrogens with zero attached hydrogens (tertiary/aromatic N) is 1. The first-order chi connectivity index (χ1) is 7.59. The monoisotopic (exact) mass is 216 g/mol. The Balaban J connectivity index is 2.57. The van der Waals surface area contributed by atoms with Gasteiger partial charge in [0.15, 0.2) is 0 Å². The van der Waals surface area contributed by atoms with E-state index in [1.165, 1.54) is 16.5 Å². The number of rotatable bonds is 3. The highest BCUT2D eigenvalue weighted by Gasteiger charge is 2.11. The molecule has 0 spiro atoms. The highest BCUT2D eigenvalue weighted by atomic mass is 15.0. The van der Waals surface area contributed by atoms with Gasteiger partial charge in [-0.05, 0) is 24.5 Å². The minimum absolute atomic E-state index is 0.0957. The van der Waals surface area contributed by atoms with Gasteiger partial charge in [0, 0.05) is 29.7 Å². The molecule has 0 aliphatic rings. The van der Waals surface area contributed by atoms with Crippen LogP contribution in [0, 0.1) is 5.92 Å². The number of nitrogens with two attached hydrogens (primary N) is 1. The summed E-state index contributed by atoms with van der Waals surface area (Å²) in [5, 5.41) is 1.29. The Bertz CT molecular complexity index is 480. The van der Waals surface area contributed by atoms with E-state index in [2.05, 4.69) is 48.9 Å². The fourth-order valence-electron chi connectivity index (χ4n) is 2.18. The maximum absolute atomic E-state index is 6.01. The number of hydrogen-bond acceptors (Lipinski definition) is 1. The standard InChI is InChI=1S/C14H20N2/c1-10(2)8-16-9-13(11(3)15)12-6-4-5-7-14(12)16/h4-7,9-11H,8,15H2,1-3H3. The van der Waals surface area contributed by atoms with Crippen LogP contribution >= 0.6 is 0 Å². The Morgan fingerprint density at radius 1 is 1.19 bits per heavy atom. The minimum Gasteiger partial charge on any atom is -0.347 e. The second-order valence-corrected chi connectivity index (χ2v) is 4.94. The molecule has 2 aromatic rings. The summed E-state index contributed by atoms with van der Waals surface area (Å²) in [5.74, 6) is 0.650. The molecule has 0 saturated heterocycles. The minimum atomic E-state index is 0.0957. The average molecular weight is 216 g/mol. The molecule has 2 N–H and O–H groups in total. The molecule has 0 aliphatic heterocycles. The zero-order valence-electron chi connectivity index (χ0n) is 10.3. The van der Waals surface area contributed by atoms with E-state index >= 15 is 0 Å². The Kier molecular flexibility index (Phi) is 3.01. The first-order valence-electron chi connectivity index (χ1n) is 5.93. The lowest BCUT2D eigenvalue weighted by molar-refractivity contribution is 0.534. The summed E-state index contributed by atoms with van der Waals surface area (Å²) >= 11 is 0. The molecule has 1 heterocycles. The number of para-hydroxylation sites is 1. The predicted octanol–water partition coefficient (Wildman–Crippen LogP) is 3.32. The number of benzene rings is 1. The van der Waals surface area contributed by atoms with Gasteiger partial charge in [0.2, 0.25) is 0 Å². The van der Waals surface area contributed by atoms with Gasteiger partial charge in [-0.2, -0.15) is 0 Å². The van der Waals surface area contributed by atoms with Crippen LogP contribution < -0.4 is 5.73 Å². The molecule has 0 saturated carbocycles. The summed E-state index contributed by atoms with van der Waals surface area (Å²) in [6.45, 7) is 7.56. The van der Waals surface area contributed by atoms with Crippen molar-refractivity contribution in [2.75, 3.05) is 0 Å². The van der Waals surface area contributed by atoms with Crippen LogP contribution in [0.4, 0.5) is 0 Å². The molecule has 1 aromatic carbocycles. The van der Waals surface area contributed by atoms with Crippen LogP contribution in [-0.4, -0.2) is 4.57 Å². The molecule has 86 valence electrons. The normalized spacial score (nSPS) is 13.6. The maximum atomic E-state index is 6.01. The van der Waals surface area contributed by atoms with E-state index in [0.29, 0.717) is 5.92 Å². The maximum Gasteiger partial charge on any atom is 0.0483 e. The van der Waals surface area contributed by atoms with Crippen LogP contribution in [0.5, 0.6) is 0 Å². The van der Waals surface area contributed by atoms with Gasteiger partial charge in [-0.1, -0.05) is 32.0 Å². The van der Waals surface area contributed by atoms with Gasteiger partial charge < -0.3 is 10.3 Å². The van der Waals surface area contributed by atoms with Crippen LogP contribution in [0.2, 0.25) is 0 Å². The van der Waals surface area contributed by atoms with E-state index in [1.54, 1.807) is 0 Å². The second-order valence-electron chi connectivity index (χ2n) is 4.94. The van der Waals surface area contributed by atoms with E-state index in [0.717, 1.165) is 6.54 Å². The van der Waals surface area contributed by atoms with Crippen molar-refractivity contribution in [3.8, 4) is 0 Å². The summed E-state index contributed by atoms with van der Waals surface area (Å²) < 4.78 is 2.32. The largest absolute Gasteiger partial charge is 0.347 e. The van der Waals surface area contributed by atoms with Crippen molar-refractivity contribution in [3.05, 3.63) is 36.0 Å². The third-order valence-electron chi connectivity index (χ3n) is 2.87. The molecular weight excluding hydrogens is 196 g/mol. The summed E-state index contributed by atoms with van der Waals surface area (Å²) in [6.07, 6.45) is 2.20. The van der Waals surface area contributed by atoms with Gasteiger partial charge >= 0.3 is 0 Å². The van der Waals surface area contributed by atoms with Crippen molar-refractivity contribution >= 4 is 10.9 Å². The van der Waals surface area contributed by atoms with Crippen molar-refractivity contribution in [1.29, 1.82) is 0 Å². The first-order valence-corrected chi connectivity index (χ1v) is 5.93. The van der Waals surface area contributed by atoms with Gasteiger partial charge in [-0.25, -0.2) is 0 Å². The predicted molar refractivity (Wildman–Crippen MR) is 69.4 cm³/mol. The zero-order valence-corrected chi connectivity index (χ0v) is 10.3. The van der Waals surface area contributed by atoms with Gasteiger partial charge in [-0.15, -0.1) is 0 Å². The lowest BCUT2D eigenvalue weighted by atomic mass is 10.1. The van der Waals surface area contributed by atoms with Crippen molar-refractivity contribution in [3.63, 3.8) is 0 Å². The molecule has 2 rings (SSSR count). The molecule has 0 bridgehead atoms. The van der Waals surface area contributed by atoms with E-state index in [1.807, 2.05) is 6.92 Å². The van der Waals surface area contributed by atoms with E-state index in [-0.39, 0.29) is 6.04 Å². The third kappa shape index (κ3) is 1.98. The smallest absolute Gasteiger partial charge is 0.0483 e. The van der Waals surface area contributed by atoms with Crippen LogP contribution in [0.3, 0.4) is 0 Å². The Morgan fingerprint density at radius 2 is 1.88 bits per heavy atom. The lowest BCUT2D eigenvalue weighted by Crippen LogP contribution is -2.05. The molecule has 0 aliphatic carbocycles. The molecule has 2 nitrogen and oxygen atoms in total. The molecule has 1 atom stereocenters. The Hall–Kier alpha value is -1.28. The van der Waals surface area contributed by atoms with Gasteiger partial charge in [0.25, 0.3) is 0 Å². The first kappa shape index (κ1) is 11.2. The van der Waals surface area contributed by atoms with Crippen molar-refractivity contribution in [2.45, 2.75) is 33.4 Å². The summed E-state index contributed by atoms with van der Waals surface area (Å²) in [7, 11) is 0. The van der Waals surface area contributed by atoms with Crippen molar-refractivity contribution in [2.24, 2.45) is 11.7 Å². The fourth-order valence-corrected chi connectivity index (χ4v) is 2.18. The number of aromatic nitrogens is 1. The van der Waals surface area contributed by atoms with Crippen molar-refractivity contribution in [1.82, 2.24) is 4.57 Å². The van der Waals surface area contributed by atoms with Gasteiger partial charge in [0.1, 0.15) is 0 Å². The molecule has 0 amide bonds. The molecule has 1 unspecified atom stereocenters. The van der Waals surface area contributed by atoms with Crippen LogP contribution in [0.15, 0.2) is 30.5 Å². The fraction of sp³-hybridized carbons (Fsp3) is 0.429. The molecule has 0 fully saturated rings. The SMILES string of the molecule is CC(C)Cn1cc(C(C)N)c2ccccc21. The molecule has 1 aromatic heterocycles. The topological polar surface area (TPSA) is 30.9 Å². The summed E-state index contributed by atoms with van der Waals surface area (Å²) in [4.78, 5) is 0. The van der Waals surface area contributed by atoms with E-state index < -0.39 is 0 Å². The number of hydrogen-bond donors (Lipinski definition) is 1. The van der Waals surface area contributed by atoms with E-state index in [9.17, 15) is 0 Å². The van der Waals surface area contributed by atoms with Crippen LogP contribution in [0.1, 0.15) is 32.4 Å². The van der Waals surface area contributed by atoms with Crippen LogP contribution in [-0.2, 0) is 6.54 Å². The third-order valence-corrected chi connectivity index (χ3v) is 2.87. The molecule has 16 heavy (non-hydrogen) atoms. The Morgan fingerprint density at radius 3 is 2.50 bits per heavy atom. The molecular formula is C14H20N2. The van der Waals surface area contributed by atoms with Gasteiger partial charge in [0.05, 0.1) is 0 Å².